The van der Waals surface area contributed by atoms with Crippen LogP contribution in [-0.2, 0) is 10.0 Å². The Kier molecular flexibility index (Phi) is 6.66. The predicted octanol–water partition coefficient (Wildman–Crippen LogP) is 0.674. The summed E-state index contributed by atoms with van der Waals surface area (Å²) in [5.41, 5.74) is 0.936. The van der Waals surface area contributed by atoms with Gasteiger partial charge in [-0.15, -0.1) is 5.10 Å². The highest BCUT2D eigenvalue weighted by Gasteiger charge is 2.08. The van der Waals surface area contributed by atoms with E-state index in [-0.39, 0.29) is 5.75 Å². The number of hydrogen-bond donors (Lipinski definition) is 2. The first kappa shape index (κ1) is 16.6. The van der Waals surface area contributed by atoms with Crippen molar-refractivity contribution >= 4 is 21.5 Å². The van der Waals surface area contributed by atoms with Crippen molar-refractivity contribution in [1.82, 2.24) is 14.9 Å². The fraction of sp³-hybridized carbons (Fsp3) is 0.667. The molecule has 0 spiro atoms. The van der Waals surface area contributed by atoms with Gasteiger partial charge in [-0.3, -0.25) is 0 Å². The molecule has 0 radical (unpaired) electrons. The largest absolute Gasteiger partial charge is 0.376 e. The highest BCUT2D eigenvalue weighted by molar-refractivity contribution is 7.89. The van der Waals surface area contributed by atoms with Gasteiger partial charge in [0.25, 0.3) is 0 Å². The minimum Gasteiger partial charge on any atom is -0.376 e. The minimum atomic E-state index is -3.15. The number of nitrogens with one attached hydrogen (secondary N) is 2. The smallest absolute Gasteiger partial charge is 0.211 e. The molecule has 0 fully saturated rings. The molecular weight excluding hydrogens is 278 g/mol. The predicted molar refractivity (Wildman–Crippen MR) is 81.5 cm³/mol. The van der Waals surface area contributed by atoms with E-state index in [1.54, 1.807) is 6.20 Å². The van der Waals surface area contributed by atoms with Gasteiger partial charge in [0.05, 0.1) is 17.6 Å². The average molecular weight is 301 g/mol. The van der Waals surface area contributed by atoms with Gasteiger partial charge in [-0.25, -0.2) is 13.1 Å². The van der Waals surface area contributed by atoms with Crippen LogP contribution in [0.1, 0.15) is 19.8 Å². The molecule has 1 aromatic heterocycles. The van der Waals surface area contributed by atoms with E-state index in [2.05, 4.69) is 20.2 Å². The van der Waals surface area contributed by atoms with Crippen LogP contribution in [0.25, 0.3) is 0 Å². The van der Waals surface area contributed by atoms with E-state index in [1.807, 2.05) is 32.0 Å². The number of aromatic nitrogens is 2. The molecule has 1 aromatic rings. The zero-order valence-electron chi connectivity index (χ0n) is 12.3. The minimum absolute atomic E-state index is 0.180. The topological polar surface area (TPSA) is 87.2 Å². The Balaban J connectivity index is 2.36. The van der Waals surface area contributed by atoms with Gasteiger partial charge >= 0.3 is 0 Å². The van der Waals surface area contributed by atoms with Crippen molar-refractivity contribution in [2.24, 2.45) is 0 Å². The summed E-state index contributed by atoms with van der Waals surface area (Å²) in [6, 6.07) is 1.86. The van der Waals surface area contributed by atoms with E-state index >= 15 is 0 Å². The van der Waals surface area contributed by atoms with Crippen LogP contribution in [0.2, 0.25) is 0 Å². The SMILES string of the molecule is CCCCS(=O)(=O)NCCNc1cc(N(C)C)cnn1. The highest BCUT2D eigenvalue weighted by atomic mass is 32.2. The van der Waals surface area contributed by atoms with E-state index in [1.165, 1.54) is 0 Å². The van der Waals surface area contributed by atoms with Crippen molar-refractivity contribution in [3.63, 3.8) is 0 Å². The monoisotopic (exact) mass is 301 g/mol. The zero-order valence-corrected chi connectivity index (χ0v) is 13.1. The third-order valence-electron chi connectivity index (χ3n) is 2.68. The van der Waals surface area contributed by atoms with Crippen LogP contribution in [-0.4, -0.2) is 51.6 Å². The second kappa shape index (κ2) is 8.01. The Morgan fingerprint density at radius 1 is 1.30 bits per heavy atom. The van der Waals surface area contributed by atoms with Crippen molar-refractivity contribution in [2.75, 3.05) is 43.2 Å². The molecular formula is C12H23N5O2S. The van der Waals surface area contributed by atoms with Gasteiger partial charge in [0.2, 0.25) is 10.0 Å². The van der Waals surface area contributed by atoms with Crippen molar-refractivity contribution in [3.8, 4) is 0 Å². The molecule has 0 aliphatic heterocycles. The Labute approximate surface area is 120 Å². The van der Waals surface area contributed by atoms with Gasteiger partial charge < -0.3 is 10.2 Å². The lowest BCUT2D eigenvalue weighted by atomic mass is 10.4. The van der Waals surface area contributed by atoms with Crippen molar-refractivity contribution in [2.45, 2.75) is 19.8 Å². The van der Waals surface area contributed by atoms with Crippen molar-refractivity contribution in [3.05, 3.63) is 12.3 Å². The zero-order chi connectivity index (χ0) is 15.0. The number of nitrogens with zero attached hydrogens (tertiary/aromatic N) is 3. The summed E-state index contributed by atoms with van der Waals surface area (Å²) in [6.07, 6.45) is 3.21. The fourth-order valence-electron chi connectivity index (χ4n) is 1.49. The standard InChI is InChI=1S/C12H23N5O2S/c1-4-5-8-20(18,19)15-7-6-13-12-9-11(17(2)3)10-14-16-12/h9-10,15H,4-8H2,1-3H3,(H,13,16). The summed E-state index contributed by atoms with van der Waals surface area (Å²) >= 11 is 0. The van der Waals surface area contributed by atoms with E-state index in [9.17, 15) is 8.42 Å². The molecule has 0 saturated heterocycles. The van der Waals surface area contributed by atoms with Gasteiger partial charge in [0.15, 0.2) is 5.82 Å². The molecule has 0 aliphatic rings. The molecule has 114 valence electrons. The number of anilines is 2. The Bertz CT molecular complexity index is 504. The Morgan fingerprint density at radius 2 is 2.05 bits per heavy atom. The van der Waals surface area contributed by atoms with Crippen LogP contribution in [0.15, 0.2) is 12.3 Å². The third kappa shape index (κ3) is 6.16. The summed E-state index contributed by atoms with van der Waals surface area (Å²) in [5.74, 6) is 0.809. The Hall–Kier alpha value is -1.41. The lowest BCUT2D eigenvalue weighted by Gasteiger charge is -2.13. The number of hydrogen-bond acceptors (Lipinski definition) is 6. The van der Waals surface area contributed by atoms with Crippen LogP contribution in [0.3, 0.4) is 0 Å². The van der Waals surface area contributed by atoms with Gasteiger partial charge in [-0.1, -0.05) is 13.3 Å². The average Bonchev–Trinajstić information content (AvgIpc) is 2.42. The number of sulfonamides is 1. The maximum absolute atomic E-state index is 11.6. The number of unbranched alkanes of at least 4 members (excludes halogenated alkanes) is 1. The maximum Gasteiger partial charge on any atom is 0.211 e. The quantitative estimate of drug-likeness (QED) is 0.652. The van der Waals surface area contributed by atoms with Crippen molar-refractivity contribution in [1.29, 1.82) is 0 Å². The maximum atomic E-state index is 11.6. The van der Waals surface area contributed by atoms with Crippen LogP contribution in [0, 0.1) is 0 Å². The first-order valence-electron chi connectivity index (χ1n) is 6.66. The second-order valence-corrected chi connectivity index (χ2v) is 6.61. The van der Waals surface area contributed by atoms with Crippen LogP contribution in [0.5, 0.6) is 0 Å². The fourth-order valence-corrected chi connectivity index (χ4v) is 2.72. The summed E-state index contributed by atoms with van der Waals surface area (Å²) in [4.78, 5) is 1.92. The Morgan fingerprint density at radius 3 is 2.70 bits per heavy atom. The first-order chi connectivity index (χ1) is 9.44. The second-order valence-electron chi connectivity index (χ2n) is 4.69. The van der Waals surface area contributed by atoms with E-state index in [0.717, 1.165) is 12.1 Å². The highest BCUT2D eigenvalue weighted by Crippen LogP contribution is 2.12. The van der Waals surface area contributed by atoms with Crippen LogP contribution >= 0.6 is 0 Å². The molecule has 8 heteroatoms. The molecule has 1 rings (SSSR count). The molecule has 0 amide bonds. The van der Waals surface area contributed by atoms with E-state index < -0.39 is 10.0 Å². The van der Waals surface area contributed by atoms with Crippen LogP contribution < -0.4 is 14.9 Å². The number of rotatable bonds is 9. The summed E-state index contributed by atoms with van der Waals surface area (Å²) in [7, 11) is 0.685. The summed E-state index contributed by atoms with van der Waals surface area (Å²) in [6.45, 7) is 2.77. The third-order valence-corrected chi connectivity index (χ3v) is 4.15. The molecule has 0 bridgehead atoms. The van der Waals surface area contributed by atoms with Gasteiger partial charge in [-0.05, 0) is 6.42 Å². The molecule has 0 atom stereocenters. The normalized spacial score (nSPS) is 11.3. The molecule has 0 aromatic carbocycles. The molecule has 1 heterocycles. The van der Waals surface area contributed by atoms with E-state index in [0.29, 0.717) is 25.3 Å². The lowest BCUT2D eigenvalue weighted by Crippen LogP contribution is -2.31. The van der Waals surface area contributed by atoms with Gasteiger partial charge in [0.1, 0.15) is 0 Å². The molecule has 0 saturated carbocycles. The van der Waals surface area contributed by atoms with Gasteiger partial charge in [-0.2, -0.15) is 5.10 Å². The molecule has 0 unspecified atom stereocenters. The van der Waals surface area contributed by atoms with Gasteiger partial charge in [0, 0.05) is 33.3 Å². The molecule has 2 N–H and O–H groups in total. The summed E-state index contributed by atoms with van der Waals surface area (Å²) in [5, 5.41) is 10.9. The lowest BCUT2D eigenvalue weighted by molar-refractivity contribution is 0.579. The van der Waals surface area contributed by atoms with Crippen LogP contribution in [0.4, 0.5) is 11.5 Å². The molecule has 7 nitrogen and oxygen atoms in total. The van der Waals surface area contributed by atoms with E-state index in [4.69, 9.17) is 0 Å². The molecule has 0 aliphatic carbocycles. The van der Waals surface area contributed by atoms with Crippen molar-refractivity contribution < 1.29 is 8.42 Å². The molecule has 20 heavy (non-hydrogen) atoms. The first-order valence-corrected chi connectivity index (χ1v) is 8.31. The summed E-state index contributed by atoms with van der Waals surface area (Å²) < 4.78 is 25.7.